The maximum Gasteiger partial charge on any atom is 0.0854 e. The lowest BCUT2D eigenvalue weighted by Crippen LogP contribution is -2.15. The molecule has 0 aliphatic rings. The minimum absolute atomic E-state index is 0.699. The first kappa shape index (κ1) is 14.3. The average molecular weight is 267 g/mol. The van der Waals surface area contributed by atoms with Crippen LogP contribution in [0.5, 0.6) is 0 Å². The molecule has 3 heteroatoms. The summed E-state index contributed by atoms with van der Waals surface area (Å²) in [7, 11) is 0. The number of hydrogen-bond donors (Lipinski definition) is 2. The third-order valence-corrected chi connectivity index (χ3v) is 3.18. The number of hydrogen-bond acceptors (Lipinski definition) is 3. The highest BCUT2D eigenvalue weighted by molar-refractivity contribution is 5.57. The average Bonchev–Trinajstić information content (AvgIpc) is 2.50. The van der Waals surface area contributed by atoms with E-state index in [1.807, 2.05) is 18.2 Å². The van der Waals surface area contributed by atoms with Gasteiger partial charge in [0.1, 0.15) is 0 Å². The van der Waals surface area contributed by atoms with Crippen molar-refractivity contribution >= 4 is 5.70 Å². The Kier molecular flexibility index (Phi) is 5.33. The van der Waals surface area contributed by atoms with Gasteiger partial charge in [-0.2, -0.15) is 0 Å². The van der Waals surface area contributed by atoms with Crippen LogP contribution in [0, 0.1) is 0 Å². The summed E-state index contributed by atoms with van der Waals surface area (Å²) in [6.45, 7) is 5.56. The van der Waals surface area contributed by atoms with Crippen LogP contribution in [0.1, 0.15) is 16.8 Å². The lowest BCUT2D eigenvalue weighted by atomic mass is 10.1. The monoisotopic (exact) mass is 267 g/mol. The van der Waals surface area contributed by atoms with Gasteiger partial charge in [0.2, 0.25) is 0 Å². The van der Waals surface area contributed by atoms with Gasteiger partial charge in [-0.1, -0.05) is 36.9 Å². The molecule has 2 rings (SSSR count). The number of pyridine rings is 1. The van der Waals surface area contributed by atoms with Crippen LogP contribution in [0.3, 0.4) is 0 Å². The van der Waals surface area contributed by atoms with Crippen molar-refractivity contribution in [3.8, 4) is 0 Å². The lowest BCUT2D eigenvalue weighted by molar-refractivity contribution is 0.843. The molecule has 0 amide bonds. The molecule has 2 aromatic rings. The van der Waals surface area contributed by atoms with E-state index >= 15 is 0 Å². The maximum atomic E-state index is 5.54. The Labute approximate surface area is 120 Å². The molecule has 1 aromatic heterocycles. The summed E-state index contributed by atoms with van der Waals surface area (Å²) in [6.07, 6.45) is 3.68. The number of rotatable bonds is 7. The van der Waals surface area contributed by atoms with E-state index in [1.54, 1.807) is 6.20 Å². The Morgan fingerprint density at radius 1 is 1.05 bits per heavy atom. The molecular weight excluding hydrogens is 246 g/mol. The smallest absolute Gasteiger partial charge is 0.0854 e. The fraction of sp³-hybridized carbons (Fsp3) is 0.235. The summed E-state index contributed by atoms with van der Waals surface area (Å²) in [5.74, 6) is 0. The van der Waals surface area contributed by atoms with Gasteiger partial charge < -0.3 is 11.1 Å². The molecular formula is C17H21N3. The zero-order chi connectivity index (χ0) is 14.2. The number of nitrogens with one attached hydrogen (secondary N) is 1. The van der Waals surface area contributed by atoms with Crippen molar-refractivity contribution in [2.45, 2.75) is 12.8 Å². The van der Waals surface area contributed by atoms with Gasteiger partial charge in [0.25, 0.3) is 0 Å². The minimum Gasteiger partial charge on any atom is -0.383 e. The van der Waals surface area contributed by atoms with E-state index in [0.29, 0.717) is 6.54 Å². The lowest BCUT2D eigenvalue weighted by Gasteiger charge is -2.09. The van der Waals surface area contributed by atoms with Crippen LogP contribution in [-0.2, 0) is 12.8 Å². The molecule has 0 saturated heterocycles. The van der Waals surface area contributed by atoms with Crippen LogP contribution >= 0.6 is 0 Å². The Morgan fingerprint density at radius 2 is 1.75 bits per heavy atom. The Bertz CT molecular complexity index is 532. The first-order chi connectivity index (χ1) is 9.79. The van der Waals surface area contributed by atoms with Crippen LogP contribution in [0.4, 0.5) is 0 Å². The van der Waals surface area contributed by atoms with Crippen LogP contribution in [0.25, 0.3) is 5.70 Å². The van der Waals surface area contributed by atoms with Crippen LogP contribution in [0.15, 0.2) is 55.2 Å². The topological polar surface area (TPSA) is 50.9 Å². The molecule has 0 fully saturated rings. The summed E-state index contributed by atoms with van der Waals surface area (Å²) in [5, 5.41) is 3.31. The van der Waals surface area contributed by atoms with E-state index in [9.17, 15) is 0 Å². The van der Waals surface area contributed by atoms with Gasteiger partial charge in [0, 0.05) is 12.7 Å². The van der Waals surface area contributed by atoms with Crippen molar-refractivity contribution in [3.63, 3.8) is 0 Å². The largest absolute Gasteiger partial charge is 0.383 e. The van der Waals surface area contributed by atoms with Gasteiger partial charge in [0.15, 0.2) is 0 Å². The molecule has 104 valence electrons. The first-order valence-electron chi connectivity index (χ1n) is 6.91. The number of aromatic nitrogens is 1. The standard InChI is InChI=1S/C17H21N3/c1-14(17-4-2-3-12-20-17)19-13-10-16-7-5-15(6-8-16)9-11-18/h2-8,12,19H,1,9-11,13,18H2. The van der Waals surface area contributed by atoms with Gasteiger partial charge >= 0.3 is 0 Å². The SMILES string of the molecule is C=C(NCCc1ccc(CCN)cc1)c1ccccn1. The highest BCUT2D eigenvalue weighted by Gasteiger charge is 1.99. The van der Waals surface area contributed by atoms with Crippen molar-refractivity contribution < 1.29 is 0 Å². The number of benzene rings is 1. The second-order valence-electron chi connectivity index (χ2n) is 4.73. The zero-order valence-electron chi connectivity index (χ0n) is 11.7. The van der Waals surface area contributed by atoms with E-state index < -0.39 is 0 Å². The summed E-state index contributed by atoms with van der Waals surface area (Å²) in [4.78, 5) is 4.26. The molecule has 1 aromatic carbocycles. The van der Waals surface area contributed by atoms with Gasteiger partial charge in [-0.3, -0.25) is 4.98 Å². The summed E-state index contributed by atoms with van der Waals surface area (Å²) in [6, 6.07) is 14.4. The Balaban J connectivity index is 1.79. The molecule has 0 spiro atoms. The highest BCUT2D eigenvalue weighted by Crippen LogP contribution is 2.07. The third-order valence-electron chi connectivity index (χ3n) is 3.18. The Hall–Kier alpha value is -2.13. The third kappa shape index (κ3) is 4.21. The molecule has 0 radical (unpaired) electrons. The van der Waals surface area contributed by atoms with E-state index in [4.69, 9.17) is 5.73 Å². The van der Waals surface area contributed by atoms with Crippen LogP contribution < -0.4 is 11.1 Å². The van der Waals surface area contributed by atoms with E-state index in [0.717, 1.165) is 30.8 Å². The highest BCUT2D eigenvalue weighted by atomic mass is 14.9. The van der Waals surface area contributed by atoms with E-state index in [2.05, 4.69) is 41.1 Å². The fourth-order valence-electron chi connectivity index (χ4n) is 2.03. The predicted octanol–water partition coefficient (Wildman–Crippen LogP) is 2.39. The molecule has 3 nitrogen and oxygen atoms in total. The normalized spacial score (nSPS) is 10.2. The second-order valence-corrected chi connectivity index (χ2v) is 4.73. The quantitative estimate of drug-likeness (QED) is 0.810. The van der Waals surface area contributed by atoms with Gasteiger partial charge in [-0.25, -0.2) is 0 Å². The molecule has 0 saturated carbocycles. The summed E-state index contributed by atoms with van der Waals surface area (Å²) >= 11 is 0. The molecule has 0 aliphatic heterocycles. The summed E-state index contributed by atoms with van der Waals surface area (Å²) < 4.78 is 0. The van der Waals surface area contributed by atoms with Crippen LogP contribution in [0.2, 0.25) is 0 Å². The van der Waals surface area contributed by atoms with Crippen molar-refractivity contribution in [3.05, 3.63) is 72.1 Å². The van der Waals surface area contributed by atoms with Crippen molar-refractivity contribution in [2.24, 2.45) is 5.73 Å². The fourth-order valence-corrected chi connectivity index (χ4v) is 2.03. The Morgan fingerprint density at radius 3 is 2.35 bits per heavy atom. The summed E-state index contributed by atoms with van der Waals surface area (Å²) in [5.41, 5.74) is 9.91. The molecule has 3 N–H and O–H groups in total. The molecule has 20 heavy (non-hydrogen) atoms. The zero-order valence-corrected chi connectivity index (χ0v) is 11.7. The van der Waals surface area contributed by atoms with Crippen molar-refractivity contribution in [1.82, 2.24) is 10.3 Å². The van der Waals surface area contributed by atoms with Crippen LogP contribution in [-0.4, -0.2) is 18.1 Å². The minimum atomic E-state index is 0.699. The van der Waals surface area contributed by atoms with Gasteiger partial charge in [-0.15, -0.1) is 0 Å². The number of nitrogens with zero attached hydrogens (tertiary/aromatic N) is 1. The van der Waals surface area contributed by atoms with E-state index in [1.165, 1.54) is 11.1 Å². The van der Waals surface area contributed by atoms with Crippen molar-refractivity contribution in [1.29, 1.82) is 0 Å². The molecule has 0 unspecified atom stereocenters. The predicted molar refractivity (Wildman–Crippen MR) is 84.2 cm³/mol. The first-order valence-corrected chi connectivity index (χ1v) is 6.91. The van der Waals surface area contributed by atoms with Crippen molar-refractivity contribution in [2.75, 3.05) is 13.1 Å². The van der Waals surface area contributed by atoms with Gasteiger partial charge in [0.05, 0.1) is 11.4 Å². The number of nitrogens with two attached hydrogens (primary N) is 1. The molecule has 0 bridgehead atoms. The molecule has 0 atom stereocenters. The molecule has 1 heterocycles. The second kappa shape index (κ2) is 7.46. The maximum absolute atomic E-state index is 5.54. The van der Waals surface area contributed by atoms with Gasteiger partial charge in [-0.05, 0) is 42.6 Å². The van der Waals surface area contributed by atoms with E-state index in [-0.39, 0.29) is 0 Å². The molecule has 0 aliphatic carbocycles.